The lowest BCUT2D eigenvalue weighted by Crippen LogP contribution is -2.41. The van der Waals surface area contributed by atoms with Crippen molar-refractivity contribution in [2.24, 2.45) is 0 Å². The molecule has 2 rings (SSSR count). The molecule has 0 fully saturated rings. The van der Waals surface area contributed by atoms with E-state index >= 15 is 0 Å². The Balaban J connectivity index is 2.03. The number of aryl methyl sites for hydroxylation is 1. The molecule has 0 atom stereocenters. The maximum atomic E-state index is 12.3. The van der Waals surface area contributed by atoms with Crippen molar-refractivity contribution in [3.8, 4) is 5.75 Å². The van der Waals surface area contributed by atoms with Crippen LogP contribution in [0.5, 0.6) is 5.75 Å². The lowest BCUT2D eigenvalue weighted by molar-refractivity contribution is -0.117. The molecule has 1 aliphatic heterocycles. The van der Waals surface area contributed by atoms with Crippen molar-refractivity contribution in [3.05, 3.63) is 23.8 Å². The smallest absolute Gasteiger partial charge is 0.387 e. The number of nitrogens with zero attached hydrogens (tertiary/aromatic N) is 1. The summed E-state index contributed by atoms with van der Waals surface area (Å²) in [6.07, 6.45) is 1.55. The van der Waals surface area contributed by atoms with Gasteiger partial charge in [-0.3, -0.25) is 4.79 Å². The third-order valence-corrected chi connectivity index (χ3v) is 3.46. The monoisotopic (exact) mass is 314 g/mol. The van der Waals surface area contributed by atoms with Crippen LogP contribution in [-0.2, 0) is 16.0 Å². The van der Waals surface area contributed by atoms with Gasteiger partial charge in [0.1, 0.15) is 5.75 Å². The van der Waals surface area contributed by atoms with E-state index in [9.17, 15) is 13.6 Å². The fraction of sp³-hybridized carbons (Fsp3) is 0.533. The summed E-state index contributed by atoms with van der Waals surface area (Å²) in [5, 5.41) is 3.01. The minimum atomic E-state index is -2.84. The van der Waals surface area contributed by atoms with Gasteiger partial charge in [-0.15, -0.1) is 0 Å². The van der Waals surface area contributed by atoms with Crippen molar-refractivity contribution in [2.75, 3.05) is 38.3 Å². The highest BCUT2D eigenvalue weighted by Gasteiger charge is 2.22. The Morgan fingerprint density at radius 1 is 1.45 bits per heavy atom. The third-order valence-electron chi connectivity index (χ3n) is 3.46. The van der Waals surface area contributed by atoms with E-state index in [0.29, 0.717) is 19.7 Å². The molecular formula is C15H20F2N2O3. The largest absolute Gasteiger partial charge is 0.435 e. The number of halogens is 2. The average Bonchev–Trinajstić information content (AvgIpc) is 2.50. The van der Waals surface area contributed by atoms with Gasteiger partial charge in [0.15, 0.2) is 0 Å². The molecule has 0 aliphatic carbocycles. The van der Waals surface area contributed by atoms with Crippen LogP contribution in [0, 0.1) is 0 Å². The molecule has 0 bridgehead atoms. The van der Waals surface area contributed by atoms with Crippen LogP contribution in [0.1, 0.15) is 12.0 Å². The first-order chi connectivity index (χ1) is 10.6. The number of ether oxygens (including phenoxy) is 2. The van der Waals surface area contributed by atoms with Gasteiger partial charge in [-0.2, -0.15) is 8.78 Å². The minimum absolute atomic E-state index is 0.0421. The van der Waals surface area contributed by atoms with Gasteiger partial charge in [-0.1, -0.05) is 0 Å². The number of fused-ring (bicyclic) bond motifs is 1. The summed E-state index contributed by atoms with van der Waals surface area (Å²) in [5.41, 5.74) is 1.63. The molecule has 0 saturated heterocycles. The number of nitrogens with one attached hydrogen (secondary N) is 1. The van der Waals surface area contributed by atoms with Gasteiger partial charge in [0.05, 0.1) is 13.2 Å². The highest BCUT2D eigenvalue weighted by Crippen LogP contribution is 2.31. The van der Waals surface area contributed by atoms with Crippen molar-refractivity contribution in [1.29, 1.82) is 0 Å². The van der Waals surface area contributed by atoms with Crippen LogP contribution in [0.25, 0.3) is 0 Å². The first-order valence-corrected chi connectivity index (χ1v) is 7.19. The van der Waals surface area contributed by atoms with Gasteiger partial charge in [-0.05, 0) is 36.6 Å². The first kappa shape index (κ1) is 16.6. The molecule has 1 heterocycles. The summed E-state index contributed by atoms with van der Waals surface area (Å²) in [6.45, 7) is -0.850. The van der Waals surface area contributed by atoms with E-state index < -0.39 is 6.61 Å². The second-order valence-corrected chi connectivity index (χ2v) is 4.99. The van der Waals surface area contributed by atoms with Gasteiger partial charge >= 0.3 is 6.61 Å². The first-order valence-electron chi connectivity index (χ1n) is 7.19. The zero-order valence-corrected chi connectivity index (χ0v) is 12.5. The Bertz CT molecular complexity index is 512. The Labute approximate surface area is 128 Å². The van der Waals surface area contributed by atoms with E-state index in [1.165, 1.54) is 6.07 Å². The van der Waals surface area contributed by atoms with Gasteiger partial charge in [0, 0.05) is 25.9 Å². The van der Waals surface area contributed by atoms with Crippen LogP contribution in [0.3, 0.4) is 0 Å². The summed E-state index contributed by atoms with van der Waals surface area (Å²) >= 11 is 0. The molecule has 1 aromatic rings. The summed E-state index contributed by atoms with van der Waals surface area (Å²) in [7, 11) is 1.60. The van der Waals surface area contributed by atoms with Crippen LogP contribution < -0.4 is 15.0 Å². The Morgan fingerprint density at radius 2 is 2.27 bits per heavy atom. The van der Waals surface area contributed by atoms with Crippen molar-refractivity contribution < 1.29 is 23.0 Å². The van der Waals surface area contributed by atoms with E-state index in [2.05, 4.69) is 10.1 Å². The van der Waals surface area contributed by atoms with E-state index in [4.69, 9.17) is 4.74 Å². The highest BCUT2D eigenvalue weighted by molar-refractivity contribution is 5.96. The van der Waals surface area contributed by atoms with Crippen LogP contribution in [0.4, 0.5) is 14.5 Å². The quantitative estimate of drug-likeness (QED) is 0.780. The van der Waals surface area contributed by atoms with Crippen LogP contribution >= 0.6 is 0 Å². The summed E-state index contributed by atoms with van der Waals surface area (Å²) in [5.74, 6) is 0.0841. The fourth-order valence-electron chi connectivity index (χ4n) is 2.47. The number of hydrogen-bond donors (Lipinski definition) is 1. The molecule has 1 N–H and O–H groups in total. The number of carbonyl (C=O) groups excluding carboxylic acids is 1. The topological polar surface area (TPSA) is 50.8 Å². The Kier molecular flexibility index (Phi) is 6.09. The SMILES string of the molecule is COCCNCC(=O)N1CCCc2cc(OC(F)F)ccc21. The number of benzene rings is 1. The molecule has 0 saturated carbocycles. The third kappa shape index (κ3) is 4.38. The maximum absolute atomic E-state index is 12.3. The van der Waals surface area contributed by atoms with Crippen molar-refractivity contribution >= 4 is 11.6 Å². The molecule has 7 heteroatoms. The van der Waals surface area contributed by atoms with E-state index in [1.807, 2.05) is 0 Å². The van der Waals surface area contributed by atoms with E-state index in [-0.39, 0.29) is 18.2 Å². The van der Waals surface area contributed by atoms with Gasteiger partial charge in [0.25, 0.3) is 0 Å². The van der Waals surface area contributed by atoms with Crippen molar-refractivity contribution in [2.45, 2.75) is 19.5 Å². The second-order valence-electron chi connectivity index (χ2n) is 4.99. The molecule has 0 unspecified atom stereocenters. The Morgan fingerprint density at radius 3 is 3.00 bits per heavy atom. The molecule has 0 spiro atoms. The second kappa shape index (κ2) is 8.05. The zero-order chi connectivity index (χ0) is 15.9. The molecule has 1 aliphatic rings. The fourth-order valence-corrected chi connectivity index (χ4v) is 2.47. The Hall–Kier alpha value is -1.73. The lowest BCUT2D eigenvalue weighted by atomic mass is 10.0. The summed E-state index contributed by atoms with van der Waals surface area (Å²) < 4.78 is 33.8. The van der Waals surface area contributed by atoms with Gasteiger partial charge < -0.3 is 19.7 Å². The highest BCUT2D eigenvalue weighted by atomic mass is 19.3. The lowest BCUT2D eigenvalue weighted by Gasteiger charge is -2.30. The minimum Gasteiger partial charge on any atom is -0.435 e. The number of alkyl halides is 2. The van der Waals surface area contributed by atoms with Gasteiger partial charge in [0.2, 0.25) is 5.91 Å². The molecule has 1 amide bonds. The van der Waals surface area contributed by atoms with Crippen molar-refractivity contribution in [1.82, 2.24) is 5.32 Å². The summed E-state index contributed by atoms with van der Waals surface area (Å²) in [6, 6.07) is 4.72. The number of methoxy groups -OCH3 is 1. The molecule has 1 aromatic carbocycles. The van der Waals surface area contributed by atoms with Crippen LogP contribution in [0.2, 0.25) is 0 Å². The number of carbonyl (C=O) groups is 1. The number of rotatable bonds is 7. The maximum Gasteiger partial charge on any atom is 0.387 e. The van der Waals surface area contributed by atoms with Gasteiger partial charge in [-0.25, -0.2) is 0 Å². The van der Waals surface area contributed by atoms with Crippen LogP contribution in [-0.4, -0.2) is 45.9 Å². The normalized spacial score (nSPS) is 14.1. The molecule has 0 aromatic heterocycles. The molecule has 122 valence electrons. The van der Waals surface area contributed by atoms with E-state index in [1.54, 1.807) is 24.1 Å². The molecule has 22 heavy (non-hydrogen) atoms. The molecular weight excluding hydrogens is 294 g/mol. The average molecular weight is 314 g/mol. The number of anilines is 1. The number of hydrogen-bond acceptors (Lipinski definition) is 4. The predicted molar refractivity (Wildman–Crippen MR) is 78.5 cm³/mol. The number of amides is 1. The van der Waals surface area contributed by atoms with Crippen molar-refractivity contribution in [3.63, 3.8) is 0 Å². The van der Waals surface area contributed by atoms with Crippen LogP contribution in [0.15, 0.2) is 18.2 Å². The molecule has 5 nitrogen and oxygen atoms in total. The van der Waals surface area contributed by atoms with E-state index in [0.717, 1.165) is 24.1 Å². The summed E-state index contributed by atoms with van der Waals surface area (Å²) in [4.78, 5) is 13.9. The molecule has 0 radical (unpaired) electrons. The standard InChI is InChI=1S/C15H20F2N2O3/c1-21-8-6-18-10-14(20)19-7-2-3-11-9-12(22-15(16)17)4-5-13(11)19/h4-5,9,15,18H,2-3,6-8,10H2,1H3. The zero-order valence-electron chi connectivity index (χ0n) is 12.5. The predicted octanol–water partition coefficient (Wildman–Crippen LogP) is 1.80.